The lowest BCUT2D eigenvalue weighted by Gasteiger charge is -2.04. The van der Waals surface area contributed by atoms with Crippen LogP contribution in [0.4, 0.5) is 0 Å². The Morgan fingerprint density at radius 2 is 1.65 bits per heavy atom. The molecule has 6 heteroatoms. The third kappa shape index (κ3) is 3.51. The van der Waals surface area contributed by atoms with Crippen LogP contribution in [0.2, 0.25) is 0 Å². The number of fused-ring (bicyclic) bond motifs is 3. The maximum absolute atomic E-state index is 4.66. The van der Waals surface area contributed by atoms with Crippen molar-refractivity contribution in [1.82, 2.24) is 14.7 Å². The molecule has 3 nitrogen and oxygen atoms in total. The molecule has 0 saturated heterocycles. The van der Waals surface area contributed by atoms with Gasteiger partial charge in [0.2, 0.25) is 0 Å². The molecular weight excluding hydrogens is 349 g/mol. The van der Waals surface area contributed by atoms with E-state index in [2.05, 4.69) is 62.5 Å². The van der Waals surface area contributed by atoms with E-state index in [1.54, 1.807) is 11.3 Å². The minimum absolute atomic E-state index is 0. The second-order valence-electron chi connectivity index (χ2n) is 5.03. The molecule has 1 N–H and O–H groups in total. The SMILES string of the molecule is Cl.Cl.c1ccc(CNCc2csc3nc4ccccc4n23)cc1. The van der Waals surface area contributed by atoms with Crippen LogP contribution in [0.5, 0.6) is 0 Å². The number of rotatable bonds is 4. The van der Waals surface area contributed by atoms with Crippen molar-refractivity contribution in [3.8, 4) is 0 Å². The highest BCUT2D eigenvalue weighted by Gasteiger charge is 2.09. The standard InChI is InChI=1S/C17H15N3S.2ClH/c1-2-6-13(7-3-1)10-18-11-14-12-21-17-19-15-8-4-5-9-16(15)20(14)17;;/h1-9,12,18H,10-11H2;2*1H. The van der Waals surface area contributed by atoms with Crippen LogP contribution in [0, 0.1) is 0 Å². The van der Waals surface area contributed by atoms with Gasteiger partial charge in [-0.2, -0.15) is 0 Å². The summed E-state index contributed by atoms with van der Waals surface area (Å²) in [6, 6.07) is 18.8. The Kier molecular flexibility index (Phi) is 6.02. The molecular formula is C17H17Cl2N3S. The van der Waals surface area contributed by atoms with E-state index in [4.69, 9.17) is 0 Å². The number of nitrogens with zero attached hydrogens (tertiary/aromatic N) is 2. The molecule has 2 aromatic carbocycles. The zero-order valence-electron chi connectivity index (χ0n) is 12.3. The highest BCUT2D eigenvalue weighted by atomic mass is 35.5. The van der Waals surface area contributed by atoms with E-state index < -0.39 is 0 Å². The molecule has 0 saturated carbocycles. The molecule has 0 unspecified atom stereocenters. The Balaban J connectivity index is 0.000000960. The van der Waals surface area contributed by atoms with Gasteiger partial charge in [0.15, 0.2) is 4.96 Å². The summed E-state index contributed by atoms with van der Waals surface area (Å²) in [5.74, 6) is 0. The van der Waals surface area contributed by atoms with Crippen LogP contribution in [-0.4, -0.2) is 9.38 Å². The van der Waals surface area contributed by atoms with Crippen LogP contribution in [0.25, 0.3) is 16.0 Å². The lowest BCUT2D eigenvalue weighted by molar-refractivity contribution is 0.678. The van der Waals surface area contributed by atoms with Gasteiger partial charge in [-0.1, -0.05) is 42.5 Å². The van der Waals surface area contributed by atoms with Gasteiger partial charge in [-0.05, 0) is 17.7 Å². The minimum Gasteiger partial charge on any atom is -0.307 e. The van der Waals surface area contributed by atoms with Crippen LogP contribution in [-0.2, 0) is 13.1 Å². The van der Waals surface area contributed by atoms with Crippen molar-refractivity contribution in [2.24, 2.45) is 0 Å². The van der Waals surface area contributed by atoms with Crippen molar-refractivity contribution in [3.63, 3.8) is 0 Å². The molecule has 2 aromatic heterocycles. The van der Waals surface area contributed by atoms with E-state index in [1.807, 2.05) is 12.1 Å². The van der Waals surface area contributed by atoms with Crippen molar-refractivity contribution in [2.75, 3.05) is 0 Å². The second-order valence-corrected chi connectivity index (χ2v) is 5.87. The zero-order chi connectivity index (χ0) is 14.1. The van der Waals surface area contributed by atoms with Gasteiger partial charge in [-0.3, -0.25) is 4.40 Å². The quantitative estimate of drug-likeness (QED) is 0.568. The largest absolute Gasteiger partial charge is 0.307 e. The van der Waals surface area contributed by atoms with Gasteiger partial charge in [-0.15, -0.1) is 36.2 Å². The molecule has 0 aliphatic heterocycles. The first-order valence-corrected chi connectivity index (χ1v) is 7.88. The van der Waals surface area contributed by atoms with Crippen LogP contribution in [0.15, 0.2) is 60.0 Å². The summed E-state index contributed by atoms with van der Waals surface area (Å²) >= 11 is 1.70. The van der Waals surface area contributed by atoms with Crippen LogP contribution >= 0.6 is 36.2 Å². The Labute approximate surface area is 151 Å². The van der Waals surface area contributed by atoms with E-state index in [9.17, 15) is 0 Å². The summed E-state index contributed by atoms with van der Waals surface area (Å²) in [4.78, 5) is 5.72. The second kappa shape index (κ2) is 7.79. The molecule has 4 rings (SSSR count). The van der Waals surface area contributed by atoms with E-state index >= 15 is 0 Å². The molecule has 0 fully saturated rings. The maximum Gasteiger partial charge on any atom is 0.194 e. The summed E-state index contributed by atoms with van der Waals surface area (Å²) in [6.07, 6.45) is 0. The number of hydrogen-bond acceptors (Lipinski definition) is 3. The normalized spacial score (nSPS) is 10.4. The predicted octanol–water partition coefficient (Wildman–Crippen LogP) is 4.68. The molecule has 0 aliphatic carbocycles. The Bertz CT molecular complexity index is 887. The van der Waals surface area contributed by atoms with Gasteiger partial charge in [0.1, 0.15) is 0 Å². The van der Waals surface area contributed by atoms with Crippen molar-refractivity contribution < 1.29 is 0 Å². The Hall–Kier alpha value is -1.59. The topological polar surface area (TPSA) is 29.3 Å². The number of hydrogen-bond donors (Lipinski definition) is 1. The minimum atomic E-state index is 0. The summed E-state index contributed by atoms with van der Waals surface area (Å²) in [5, 5.41) is 5.70. The molecule has 120 valence electrons. The number of aromatic nitrogens is 2. The smallest absolute Gasteiger partial charge is 0.194 e. The number of halogens is 2. The van der Waals surface area contributed by atoms with Crippen molar-refractivity contribution in [2.45, 2.75) is 13.1 Å². The highest BCUT2D eigenvalue weighted by Crippen LogP contribution is 2.23. The number of thiazole rings is 1. The summed E-state index contributed by atoms with van der Waals surface area (Å²) in [7, 11) is 0. The van der Waals surface area contributed by atoms with E-state index in [0.717, 1.165) is 23.6 Å². The Morgan fingerprint density at radius 3 is 2.48 bits per heavy atom. The third-order valence-electron chi connectivity index (χ3n) is 3.60. The van der Waals surface area contributed by atoms with Crippen molar-refractivity contribution in [3.05, 3.63) is 71.2 Å². The first-order valence-electron chi connectivity index (χ1n) is 7.00. The fourth-order valence-corrected chi connectivity index (χ4v) is 3.49. The molecule has 0 aliphatic rings. The molecule has 0 amide bonds. The number of para-hydroxylation sites is 2. The molecule has 0 bridgehead atoms. The van der Waals surface area contributed by atoms with Crippen molar-refractivity contribution >= 4 is 52.1 Å². The monoisotopic (exact) mass is 365 g/mol. The van der Waals surface area contributed by atoms with E-state index in [0.29, 0.717) is 0 Å². The first kappa shape index (κ1) is 17.8. The van der Waals surface area contributed by atoms with Gasteiger partial charge < -0.3 is 5.32 Å². The number of imidazole rings is 1. The van der Waals surface area contributed by atoms with Crippen LogP contribution < -0.4 is 5.32 Å². The molecule has 23 heavy (non-hydrogen) atoms. The Morgan fingerprint density at radius 1 is 0.913 bits per heavy atom. The fraction of sp³-hybridized carbons (Fsp3) is 0.118. The average Bonchev–Trinajstić information content (AvgIpc) is 3.08. The van der Waals surface area contributed by atoms with Gasteiger partial charge in [-0.25, -0.2) is 4.98 Å². The predicted molar refractivity (Wildman–Crippen MR) is 102 cm³/mol. The molecule has 0 radical (unpaired) electrons. The van der Waals surface area contributed by atoms with E-state index in [1.165, 1.54) is 16.8 Å². The maximum atomic E-state index is 4.66. The average molecular weight is 366 g/mol. The van der Waals surface area contributed by atoms with Gasteiger partial charge in [0.25, 0.3) is 0 Å². The summed E-state index contributed by atoms with van der Waals surface area (Å²) < 4.78 is 2.25. The van der Waals surface area contributed by atoms with Crippen LogP contribution in [0.3, 0.4) is 0 Å². The van der Waals surface area contributed by atoms with Crippen LogP contribution in [0.1, 0.15) is 11.3 Å². The van der Waals surface area contributed by atoms with Crippen molar-refractivity contribution in [1.29, 1.82) is 0 Å². The number of nitrogens with one attached hydrogen (secondary N) is 1. The number of benzene rings is 2. The fourth-order valence-electron chi connectivity index (χ4n) is 2.59. The van der Waals surface area contributed by atoms with E-state index in [-0.39, 0.29) is 24.8 Å². The molecule has 0 spiro atoms. The van der Waals surface area contributed by atoms with Gasteiger partial charge in [0, 0.05) is 24.2 Å². The third-order valence-corrected chi connectivity index (χ3v) is 4.47. The first-order chi connectivity index (χ1) is 10.4. The van der Waals surface area contributed by atoms with Gasteiger partial charge in [0.05, 0.1) is 11.0 Å². The summed E-state index contributed by atoms with van der Waals surface area (Å²) in [6.45, 7) is 1.72. The van der Waals surface area contributed by atoms with Gasteiger partial charge >= 0.3 is 0 Å². The zero-order valence-corrected chi connectivity index (χ0v) is 14.8. The summed E-state index contributed by atoms with van der Waals surface area (Å²) in [5.41, 5.74) is 4.82. The lowest BCUT2D eigenvalue weighted by Crippen LogP contribution is -2.13. The molecule has 2 heterocycles. The molecule has 0 atom stereocenters. The highest BCUT2D eigenvalue weighted by molar-refractivity contribution is 7.15. The lowest BCUT2D eigenvalue weighted by atomic mass is 10.2. The molecule has 4 aromatic rings.